The van der Waals surface area contributed by atoms with Crippen molar-refractivity contribution in [1.29, 1.82) is 0 Å². The molecule has 0 amide bonds. The Morgan fingerprint density at radius 1 is 1.30 bits per heavy atom. The zero-order valence-corrected chi connectivity index (χ0v) is 11.9. The Morgan fingerprint density at radius 3 is 2.40 bits per heavy atom. The van der Waals surface area contributed by atoms with E-state index in [1.165, 1.54) is 12.1 Å². The molecule has 1 atom stereocenters. The van der Waals surface area contributed by atoms with Crippen molar-refractivity contribution in [3.05, 3.63) is 18.3 Å². The first kappa shape index (κ1) is 16.6. The zero-order valence-electron chi connectivity index (χ0n) is 11.9. The molecule has 20 heavy (non-hydrogen) atoms. The van der Waals surface area contributed by atoms with Gasteiger partial charge < -0.3 is 14.8 Å². The second-order valence-electron chi connectivity index (χ2n) is 5.14. The number of hydrogen-bond donors (Lipinski definition) is 1. The van der Waals surface area contributed by atoms with Gasteiger partial charge in [0.15, 0.2) is 0 Å². The predicted molar refractivity (Wildman–Crippen MR) is 69.7 cm³/mol. The minimum absolute atomic E-state index is 0.0619. The molecule has 1 aromatic heterocycles. The number of methoxy groups -OCH3 is 1. The summed E-state index contributed by atoms with van der Waals surface area (Å²) in [6.07, 6.45) is -2.94. The molecule has 0 radical (unpaired) electrons. The van der Waals surface area contributed by atoms with Crippen LogP contribution in [0.1, 0.15) is 27.2 Å². The SMILES string of the molecule is COC(C)(C)CC(C)Nc1ccc(OC(F)(F)F)cn1. The summed E-state index contributed by atoms with van der Waals surface area (Å²) in [7, 11) is 1.63. The minimum atomic E-state index is -4.70. The number of pyridine rings is 1. The summed E-state index contributed by atoms with van der Waals surface area (Å²) >= 11 is 0. The molecule has 1 N–H and O–H groups in total. The number of rotatable bonds is 6. The van der Waals surface area contributed by atoms with Crippen molar-refractivity contribution in [3.8, 4) is 5.75 Å². The zero-order chi connectivity index (χ0) is 15.4. The fourth-order valence-electron chi connectivity index (χ4n) is 1.78. The van der Waals surface area contributed by atoms with E-state index in [0.717, 1.165) is 12.6 Å². The van der Waals surface area contributed by atoms with E-state index in [1.54, 1.807) is 7.11 Å². The fourth-order valence-corrected chi connectivity index (χ4v) is 1.78. The Labute approximate surface area is 116 Å². The highest BCUT2D eigenvalue weighted by Gasteiger charge is 2.31. The second-order valence-corrected chi connectivity index (χ2v) is 5.14. The molecule has 0 saturated carbocycles. The molecule has 0 aliphatic carbocycles. The van der Waals surface area contributed by atoms with Crippen molar-refractivity contribution in [2.24, 2.45) is 0 Å². The van der Waals surface area contributed by atoms with E-state index in [0.29, 0.717) is 5.82 Å². The van der Waals surface area contributed by atoms with Gasteiger partial charge >= 0.3 is 6.36 Å². The van der Waals surface area contributed by atoms with Gasteiger partial charge in [0.25, 0.3) is 0 Å². The van der Waals surface area contributed by atoms with Crippen LogP contribution in [0.2, 0.25) is 0 Å². The van der Waals surface area contributed by atoms with Gasteiger partial charge in [-0.05, 0) is 39.3 Å². The van der Waals surface area contributed by atoms with Crippen LogP contribution in [-0.4, -0.2) is 30.1 Å². The lowest BCUT2D eigenvalue weighted by molar-refractivity contribution is -0.274. The monoisotopic (exact) mass is 292 g/mol. The molecule has 0 saturated heterocycles. The Bertz CT molecular complexity index is 419. The molecule has 1 rings (SSSR count). The predicted octanol–water partition coefficient (Wildman–Crippen LogP) is 3.60. The number of alkyl halides is 3. The van der Waals surface area contributed by atoms with Gasteiger partial charge in [0.2, 0.25) is 0 Å². The molecule has 4 nitrogen and oxygen atoms in total. The van der Waals surface area contributed by atoms with E-state index in [9.17, 15) is 13.2 Å². The first-order valence-corrected chi connectivity index (χ1v) is 6.15. The molecule has 1 unspecified atom stereocenters. The van der Waals surface area contributed by atoms with Gasteiger partial charge in [-0.15, -0.1) is 13.2 Å². The van der Waals surface area contributed by atoms with Crippen LogP contribution in [0, 0.1) is 0 Å². The van der Waals surface area contributed by atoms with E-state index < -0.39 is 6.36 Å². The molecule has 0 aliphatic heterocycles. The number of halogens is 3. The van der Waals surface area contributed by atoms with Crippen LogP contribution < -0.4 is 10.1 Å². The highest BCUT2D eigenvalue weighted by molar-refractivity contribution is 5.38. The first-order chi connectivity index (χ1) is 9.11. The van der Waals surface area contributed by atoms with Gasteiger partial charge in [0.1, 0.15) is 11.6 Å². The number of anilines is 1. The largest absolute Gasteiger partial charge is 0.573 e. The van der Waals surface area contributed by atoms with E-state index in [1.807, 2.05) is 20.8 Å². The maximum Gasteiger partial charge on any atom is 0.573 e. The Hall–Kier alpha value is -1.50. The van der Waals surface area contributed by atoms with Crippen LogP contribution in [0.5, 0.6) is 5.75 Å². The van der Waals surface area contributed by atoms with Gasteiger partial charge in [-0.25, -0.2) is 4.98 Å². The number of nitrogens with one attached hydrogen (secondary N) is 1. The average molecular weight is 292 g/mol. The van der Waals surface area contributed by atoms with E-state index in [2.05, 4.69) is 15.0 Å². The van der Waals surface area contributed by atoms with Crippen molar-refractivity contribution in [3.63, 3.8) is 0 Å². The third-order valence-electron chi connectivity index (χ3n) is 2.71. The summed E-state index contributed by atoms with van der Waals surface area (Å²) in [4.78, 5) is 3.88. The lowest BCUT2D eigenvalue weighted by Crippen LogP contribution is -2.31. The van der Waals surface area contributed by atoms with Crippen LogP contribution in [0.25, 0.3) is 0 Å². The molecular weight excluding hydrogens is 273 g/mol. The molecule has 0 aliphatic rings. The molecule has 1 aromatic rings. The van der Waals surface area contributed by atoms with Crippen molar-refractivity contribution < 1.29 is 22.6 Å². The molecule has 7 heteroatoms. The normalized spacial score (nSPS) is 13.9. The van der Waals surface area contributed by atoms with Crippen LogP contribution in [0.4, 0.5) is 19.0 Å². The van der Waals surface area contributed by atoms with E-state index in [-0.39, 0.29) is 17.4 Å². The topological polar surface area (TPSA) is 43.4 Å². The van der Waals surface area contributed by atoms with Gasteiger partial charge in [0.05, 0.1) is 11.8 Å². The van der Waals surface area contributed by atoms with Crippen LogP contribution >= 0.6 is 0 Å². The first-order valence-electron chi connectivity index (χ1n) is 6.15. The Kier molecular flexibility index (Phi) is 5.21. The van der Waals surface area contributed by atoms with Gasteiger partial charge in [-0.2, -0.15) is 0 Å². The van der Waals surface area contributed by atoms with Crippen molar-refractivity contribution in [2.45, 2.75) is 45.2 Å². The number of aromatic nitrogens is 1. The Balaban J connectivity index is 2.57. The minimum Gasteiger partial charge on any atom is -0.404 e. The average Bonchev–Trinajstić information content (AvgIpc) is 2.29. The molecule has 1 heterocycles. The highest BCUT2D eigenvalue weighted by Crippen LogP contribution is 2.23. The van der Waals surface area contributed by atoms with Gasteiger partial charge in [0, 0.05) is 13.2 Å². The third-order valence-corrected chi connectivity index (χ3v) is 2.71. The summed E-state index contributed by atoms with van der Waals surface area (Å²) in [6.45, 7) is 5.86. The molecule has 0 aromatic carbocycles. The summed E-state index contributed by atoms with van der Waals surface area (Å²) in [5, 5.41) is 3.09. The van der Waals surface area contributed by atoms with E-state index in [4.69, 9.17) is 4.74 Å². The molecule has 114 valence electrons. The molecule has 0 bridgehead atoms. The van der Waals surface area contributed by atoms with Crippen LogP contribution in [0.3, 0.4) is 0 Å². The second kappa shape index (κ2) is 6.30. The smallest absolute Gasteiger partial charge is 0.404 e. The van der Waals surface area contributed by atoms with Gasteiger partial charge in [-0.1, -0.05) is 0 Å². The number of nitrogens with zero attached hydrogens (tertiary/aromatic N) is 1. The maximum atomic E-state index is 12.0. The van der Waals surface area contributed by atoms with Crippen LogP contribution in [-0.2, 0) is 4.74 Å². The molecular formula is C13H19F3N2O2. The summed E-state index contributed by atoms with van der Waals surface area (Å²) in [6, 6.07) is 2.72. The highest BCUT2D eigenvalue weighted by atomic mass is 19.4. The van der Waals surface area contributed by atoms with E-state index >= 15 is 0 Å². The Morgan fingerprint density at radius 2 is 1.95 bits per heavy atom. The summed E-state index contributed by atoms with van der Waals surface area (Å²) in [5.41, 5.74) is -0.286. The van der Waals surface area contributed by atoms with Gasteiger partial charge in [-0.3, -0.25) is 0 Å². The maximum absolute atomic E-state index is 12.0. The number of hydrogen-bond acceptors (Lipinski definition) is 4. The molecule has 0 spiro atoms. The lowest BCUT2D eigenvalue weighted by Gasteiger charge is -2.27. The van der Waals surface area contributed by atoms with Crippen molar-refractivity contribution in [2.75, 3.05) is 12.4 Å². The quantitative estimate of drug-likeness (QED) is 0.870. The third kappa shape index (κ3) is 6.10. The van der Waals surface area contributed by atoms with Crippen molar-refractivity contribution >= 4 is 5.82 Å². The number of ether oxygens (including phenoxy) is 2. The van der Waals surface area contributed by atoms with Crippen molar-refractivity contribution in [1.82, 2.24) is 4.98 Å². The lowest BCUT2D eigenvalue weighted by atomic mass is 10.00. The molecule has 0 fully saturated rings. The van der Waals surface area contributed by atoms with Crippen LogP contribution in [0.15, 0.2) is 18.3 Å². The standard InChI is InChI=1S/C13H19F3N2O2/c1-9(7-12(2,3)19-4)18-11-6-5-10(8-17-11)20-13(14,15)16/h5-6,8-9H,7H2,1-4H3,(H,17,18). The summed E-state index contributed by atoms with van der Waals surface area (Å²) < 4.78 is 45.1. The fraction of sp³-hybridized carbons (Fsp3) is 0.615. The summed E-state index contributed by atoms with van der Waals surface area (Å²) in [5.74, 6) is 0.145.